The molecule has 158 valence electrons. The highest BCUT2D eigenvalue weighted by Gasteiger charge is 2.30. The minimum atomic E-state index is -0.486. The fourth-order valence-electron chi connectivity index (χ4n) is 3.75. The van der Waals surface area contributed by atoms with Crippen LogP contribution in [0.3, 0.4) is 0 Å². The Bertz CT molecular complexity index is 565. The average molecular weight is 395 g/mol. The maximum Gasteiger partial charge on any atom is 0.338 e. The maximum absolute atomic E-state index is 11.6. The number of rotatable bonds is 13. The second-order valence-corrected chi connectivity index (χ2v) is 7.86. The molecule has 0 amide bonds. The molecule has 2 aliphatic rings. The van der Waals surface area contributed by atoms with E-state index in [2.05, 4.69) is 0 Å². The van der Waals surface area contributed by atoms with E-state index in [0.29, 0.717) is 24.0 Å². The lowest BCUT2D eigenvalue weighted by Crippen LogP contribution is -2.05. The number of esters is 2. The Hall–Kier alpha value is -1.98. The van der Waals surface area contributed by atoms with Gasteiger partial charge in [-0.3, -0.25) is 0 Å². The monoisotopic (exact) mass is 394 g/mol. The summed E-state index contributed by atoms with van der Waals surface area (Å²) in [4.78, 5) is 23.1. The SMILES string of the molecule is C[C@@H]1OC(=O)C(CCCCCCCCCCCCC2=C(O)[C@H](C)OC2=O)=C1O. The van der Waals surface area contributed by atoms with Crippen molar-refractivity contribution in [2.24, 2.45) is 0 Å². The van der Waals surface area contributed by atoms with Crippen molar-refractivity contribution < 1.29 is 29.3 Å². The summed E-state index contributed by atoms with van der Waals surface area (Å²) < 4.78 is 9.96. The molecule has 0 aromatic heterocycles. The number of carbonyl (C=O) groups is 2. The van der Waals surface area contributed by atoms with Crippen molar-refractivity contribution in [1.82, 2.24) is 0 Å². The van der Waals surface area contributed by atoms with Crippen LogP contribution in [0.4, 0.5) is 0 Å². The largest absolute Gasteiger partial charge is 0.508 e. The minimum Gasteiger partial charge on any atom is -0.508 e. The van der Waals surface area contributed by atoms with Gasteiger partial charge in [0, 0.05) is 0 Å². The van der Waals surface area contributed by atoms with Gasteiger partial charge in [-0.25, -0.2) is 9.59 Å². The van der Waals surface area contributed by atoms with E-state index in [-0.39, 0.29) is 23.5 Å². The van der Waals surface area contributed by atoms with Crippen LogP contribution in [0.1, 0.15) is 90.9 Å². The van der Waals surface area contributed by atoms with E-state index >= 15 is 0 Å². The number of carbonyl (C=O) groups excluding carboxylic acids is 2. The van der Waals surface area contributed by atoms with Gasteiger partial charge in [0.1, 0.15) is 11.5 Å². The van der Waals surface area contributed by atoms with Crippen LogP contribution >= 0.6 is 0 Å². The molecule has 2 rings (SSSR count). The highest BCUT2D eigenvalue weighted by atomic mass is 16.6. The number of cyclic esters (lactones) is 2. The van der Waals surface area contributed by atoms with Crippen molar-refractivity contribution in [3.05, 3.63) is 22.7 Å². The molecular weight excluding hydrogens is 360 g/mol. The van der Waals surface area contributed by atoms with E-state index in [1.165, 1.54) is 25.7 Å². The summed E-state index contributed by atoms with van der Waals surface area (Å²) in [5.74, 6) is -0.515. The standard InChI is InChI=1S/C22H34O6/c1-15-19(23)17(21(25)27-15)13-11-9-7-5-3-4-6-8-10-12-14-18-20(24)16(2)28-22(18)26/h15-16,23-24H,3-14H2,1-2H3/t15-,16-/m0/s1. The highest BCUT2D eigenvalue weighted by molar-refractivity contribution is 5.92. The number of aliphatic hydroxyl groups excluding tert-OH is 2. The first-order valence-electron chi connectivity index (χ1n) is 10.7. The third-order valence-electron chi connectivity index (χ3n) is 5.55. The third kappa shape index (κ3) is 6.28. The summed E-state index contributed by atoms with van der Waals surface area (Å²) in [5.41, 5.74) is 0.911. The molecular formula is C22H34O6. The maximum atomic E-state index is 11.6. The quantitative estimate of drug-likeness (QED) is 0.330. The molecule has 2 N–H and O–H groups in total. The summed E-state index contributed by atoms with van der Waals surface area (Å²) >= 11 is 0. The Morgan fingerprint density at radius 1 is 0.607 bits per heavy atom. The van der Waals surface area contributed by atoms with Crippen molar-refractivity contribution in [1.29, 1.82) is 0 Å². The van der Waals surface area contributed by atoms with E-state index in [1.54, 1.807) is 13.8 Å². The molecule has 28 heavy (non-hydrogen) atoms. The molecule has 0 saturated carbocycles. The predicted molar refractivity (Wildman–Crippen MR) is 106 cm³/mol. The van der Waals surface area contributed by atoms with Crippen LogP contribution in [0.5, 0.6) is 0 Å². The zero-order valence-electron chi connectivity index (χ0n) is 17.2. The fraction of sp³-hybridized carbons (Fsp3) is 0.727. The molecule has 0 bridgehead atoms. The van der Waals surface area contributed by atoms with Gasteiger partial charge in [-0.2, -0.15) is 0 Å². The van der Waals surface area contributed by atoms with Gasteiger partial charge in [0.15, 0.2) is 12.2 Å². The Balaban J connectivity index is 1.40. The average Bonchev–Trinajstić information content (AvgIpc) is 3.04. The van der Waals surface area contributed by atoms with Gasteiger partial charge in [-0.1, -0.05) is 51.4 Å². The number of hydrogen-bond acceptors (Lipinski definition) is 6. The molecule has 0 aliphatic carbocycles. The molecule has 0 spiro atoms. The predicted octanol–water partition coefficient (Wildman–Crippen LogP) is 5.18. The molecule has 0 aromatic carbocycles. The van der Waals surface area contributed by atoms with Gasteiger partial charge in [-0.05, 0) is 39.5 Å². The summed E-state index contributed by atoms with van der Waals surface area (Å²) in [5, 5.41) is 19.6. The Kier molecular flexibility index (Phi) is 8.87. The van der Waals surface area contributed by atoms with Gasteiger partial charge < -0.3 is 19.7 Å². The topological polar surface area (TPSA) is 93.1 Å². The van der Waals surface area contributed by atoms with Gasteiger partial charge in [-0.15, -0.1) is 0 Å². The second kappa shape index (κ2) is 11.1. The van der Waals surface area contributed by atoms with E-state index in [4.69, 9.17) is 9.47 Å². The Labute approximate surface area is 167 Å². The molecule has 2 aliphatic heterocycles. The molecule has 0 saturated heterocycles. The summed E-state index contributed by atoms with van der Waals surface area (Å²) in [6, 6.07) is 0. The first-order chi connectivity index (χ1) is 13.4. The molecule has 0 unspecified atom stereocenters. The molecule has 0 aromatic rings. The molecule has 2 atom stereocenters. The zero-order chi connectivity index (χ0) is 20.5. The van der Waals surface area contributed by atoms with Gasteiger partial charge in [0.25, 0.3) is 0 Å². The van der Waals surface area contributed by atoms with Crippen LogP contribution in [0.25, 0.3) is 0 Å². The third-order valence-corrected chi connectivity index (χ3v) is 5.55. The van der Waals surface area contributed by atoms with E-state index in [9.17, 15) is 19.8 Å². The zero-order valence-corrected chi connectivity index (χ0v) is 17.2. The van der Waals surface area contributed by atoms with Crippen LogP contribution in [-0.2, 0) is 19.1 Å². The summed E-state index contributed by atoms with van der Waals surface area (Å²) in [6.45, 7) is 3.37. The van der Waals surface area contributed by atoms with Gasteiger partial charge in [0.2, 0.25) is 0 Å². The Morgan fingerprint density at radius 3 is 1.14 bits per heavy atom. The lowest BCUT2D eigenvalue weighted by atomic mass is 10.0. The molecule has 2 heterocycles. The van der Waals surface area contributed by atoms with Crippen LogP contribution in [-0.4, -0.2) is 34.4 Å². The van der Waals surface area contributed by atoms with Crippen LogP contribution in [0, 0.1) is 0 Å². The van der Waals surface area contributed by atoms with Crippen molar-refractivity contribution in [2.75, 3.05) is 0 Å². The van der Waals surface area contributed by atoms with Crippen molar-refractivity contribution in [3.8, 4) is 0 Å². The van der Waals surface area contributed by atoms with Gasteiger partial charge >= 0.3 is 11.9 Å². The van der Waals surface area contributed by atoms with E-state index < -0.39 is 12.2 Å². The normalized spacial score (nSPS) is 22.2. The summed E-state index contributed by atoms with van der Waals surface area (Å²) in [7, 11) is 0. The molecule has 6 nitrogen and oxygen atoms in total. The molecule has 6 heteroatoms. The summed E-state index contributed by atoms with van der Waals surface area (Å²) in [6.07, 6.45) is 11.3. The molecule has 0 radical (unpaired) electrons. The number of aliphatic hydroxyl groups is 2. The number of hydrogen-bond donors (Lipinski definition) is 2. The van der Waals surface area contributed by atoms with Crippen LogP contribution in [0.2, 0.25) is 0 Å². The van der Waals surface area contributed by atoms with Crippen molar-refractivity contribution in [2.45, 2.75) is 103 Å². The molecule has 0 fully saturated rings. The van der Waals surface area contributed by atoms with E-state index in [0.717, 1.165) is 38.5 Å². The minimum absolute atomic E-state index is 0.107. The van der Waals surface area contributed by atoms with Gasteiger partial charge in [0.05, 0.1) is 11.1 Å². The van der Waals surface area contributed by atoms with Crippen molar-refractivity contribution in [3.63, 3.8) is 0 Å². The second-order valence-electron chi connectivity index (χ2n) is 7.86. The fourth-order valence-corrected chi connectivity index (χ4v) is 3.75. The lowest BCUT2D eigenvalue weighted by Gasteiger charge is -2.03. The van der Waals surface area contributed by atoms with E-state index in [1.807, 2.05) is 0 Å². The van der Waals surface area contributed by atoms with Crippen molar-refractivity contribution >= 4 is 11.9 Å². The highest BCUT2D eigenvalue weighted by Crippen LogP contribution is 2.26. The lowest BCUT2D eigenvalue weighted by molar-refractivity contribution is -0.140. The number of ether oxygens (including phenoxy) is 2. The smallest absolute Gasteiger partial charge is 0.338 e. The van der Waals surface area contributed by atoms with Crippen LogP contribution < -0.4 is 0 Å². The first kappa shape index (κ1) is 22.3. The van der Waals surface area contributed by atoms with Crippen LogP contribution in [0.15, 0.2) is 22.7 Å². The number of unbranched alkanes of at least 4 members (excludes halogenated alkanes) is 9. The Morgan fingerprint density at radius 2 is 0.893 bits per heavy atom. The first-order valence-corrected chi connectivity index (χ1v) is 10.7.